The maximum atomic E-state index is 11.3. The lowest BCUT2D eigenvalue weighted by Crippen LogP contribution is -2.80. The molecule has 2 saturated carbocycles. The first-order chi connectivity index (χ1) is 18.4. The molecule has 4 aliphatic heterocycles. The van der Waals surface area contributed by atoms with Gasteiger partial charge in [-0.1, -0.05) is 50.7 Å². The fraction of sp³-hybridized carbons (Fsp3) is 0.867. The van der Waals surface area contributed by atoms with E-state index in [0.717, 1.165) is 49.6 Å². The zero-order valence-corrected chi connectivity index (χ0v) is 24.3. The highest BCUT2D eigenvalue weighted by Crippen LogP contribution is 2.66. The standard InChI is InChI=1S/C30H45N7S/c1-23(2)34-15-13-30(14-16-34)28(17-31)19-35(24-9-5-3-6-10-24)20-29(30,18-32)27(38)37-22-36(21-33-26(28)37)25-11-7-4-8-12-25/h23-25H,3-16,19-22H2,1-2H3. The van der Waals surface area contributed by atoms with Crippen LogP contribution in [0, 0.1) is 38.9 Å². The molecule has 6 aliphatic rings. The van der Waals surface area contributed by atoms with Crippen molar-refractivity contribution in [2.45, 2.75) is 109 Å². The van der Waals surface area contributed by atoms with Gasteiger partial charge in [0.1, 0.15) is 21.7 Å². The molecule has 0 N–H and O–H groups in total. The summed E-state index contributed by atoms with van der Waals surface area (Å²) in [6.07, 6.45) is 14.1. The van der Waals surface area contributed by atoms with Gasteiger partial charge in [-0.3, -0.25) is 14.8 Å². The summed E-state index contributed by atoms with van der Waals surface area (Å²) in [5.74, 6) is 0.890. The number of hydrogen-bond donors (Lipinski definition) is 0. The molecule has 2 unspecified atom stereocenters. The lowest BCUT2D eigenvalue weighted by Gasteiger charge is -2.69. The second-order valence-corrected chi connectivity index (χ2v) is 13.7. The van der Waals surface area contributed by atoms with Crippen LogP contribution in [0.15, 0.2) is 4.99 Å². The van der Waals surface area contributed by atoms with Crippen molar-refractivity contribution in [2.24, 2.45) is 21.2 Å². The highest BCUT2D eigenvalue weighted by atomic mass is 32.1. The smallest absolute Gasteiger partial charge is 0.135 e. The van der Waals surface area contributed by atoms with Crippen LogP contribution in [-0.4, -0.2) is 88.1 Å². The summed E-state index contributed by atoms with van der Waals surface area (Å²) in [5.41, 5.74) is -2.13. The van der Waals surface area contributed by atoms with Gasteiger partial charge in [0.05, 0.1) is 25.5 Å². The first kappa shape index (κ1) is 26.6. The second kappa shape index (κ2) is 10.1. The molecule has 206 valence electrons. The van der Waals surface area contributed by atoms with Crippen molar-refractivity contribution in [3.8, 4) is 12.1 Å². The highest BCUT2D eigenvalue weighted by Gasteiger charge is 2.76. The van der Waals surface area contributed by atoms with E-state index in [-0.39, 0.29) is 0 Å². The van der Waals surface area contributed by atoms with Crippen molar-refractivity contribution < 1.29 is 0 Å². The van der Waals surface area contributed by atoms with Crippen molar-refractivity contribution in [2.75, 3.05) is 39.5 Å². The maximum Gasteiger partial charge on any atom is 0.135 e. The van der Waals surface area contributed by atoms with Crippen molar-refractivity contribution in [1.29, 1.82) is 10.5 Å². The Hall–Kier alpha value is -1.58. The van der Waals surface area contributed by atoms with Gasteiger partial charge in [-0.25, -0.2) is 0 Å². The Morgan fingerprint density at radius 3 is 1.95 bits per heavy atom. The summed E-state index contributed by atoms with van der Waals surface area (Å²) in [7, 11) is 0. The molecule has 8 heteroatoms. The van der Waals surface area contributed by atoms with Crippen LogP contribution in [0.1, 0.15) is 90.9 Å². The predicted molar refractivity (Wildman–Crippen MR) is 153 cm³/mol. The van der Waals surface area contributed by atoms with Gasteiger partial charge in [-0.2, -0.15) is 10.5 Å². The minimum Gasteiger partial charge on any atom is -0.308 e. The van der Waals surface area contributed by atoms with Crippen LogP contribution in [0.2, 0.25) is 0 Å². The molecule has 6 rings (SSSR count). The zero-order valence-electron chi connectivity index (χ0n) is 23.5. The van der Waals surface area contributed by atoms with Crippen molar-refractivity contribution in [1.82, 2.24) is 19.6 Å². The highest BCUT2D eigenvalue weighted by molar-refractivity contribution is 7.80. The normalized spacial score (nSPS) is 35.6. The number of piperidine rings is 3. The summed E-state index contributed by atoms with van der Waals surface area (Å²) < 4.78 is 0. The quantitative estimate of drug-likeness (QED) is 0.483. The van der Waals surface area contributed by atoms with E-state index in [4.69, 9.17) is 17.2 Å². The van der Waals surface area contributed by atoms with Crippen molar-refractivity contribution >= 4 is 23.0 Å². The second-order valence-electron chi connectivity index (χ2n) is 13.3. The van der Waals surface area contributed by atoms with Crippen LogP contribution >= 0.6 is 12.2 Å². The number of rotatable bonds is 3. The molecule has 4 heterocycles. The molecule has 3 saturated heterocycles. The third-order valence-electron chi connectivity index (χ3n) is 11.4. The minimum atomic E-state index is -0.842. The molecule has 0 aromatic heterocycles. The molecule has 1 spiro atoms. The Kier molecular flexibility index (Phi) is 7.09. The number of nitriles is 2. The van der Waals surface area contributed by atoms with Crippen LogP contribution in [0.5, 0.6) is 0 Å². The minimum absolute atomic E-state index is 0.439. The fourth-order valence-corrected chi connectivity index (χ4v) is 9.67. The van der Waals surface area contributed by atoms with Crippen LogP contribution in [0.4, 0.5) is 0 Å². The monoisotopic (exact) mass is 535 g/mol. The van der Waals surface area contributed by atoms with Gasteiger partial charge >= 0.3 is 0 Å². The number of thiocarbonyl (C=S) groups is 1. The summed E-state index contributed by atoms with van der Waals surface area (Å²) in [6, 6.07) is 7.25. The van der Waals surface area contributed by atoms with E-state index < -0.39 is 16.2 Å². The first-order valence-corrected chi connectivity index (χ1v) is 15.7. The Labute approximate surface area is 234 Å². The Morgan fingerprint density at radius 1 is 0.842 bits per heavy atom. The van der Waals surface area contributed by atoms with E-state index in [2.05, 4.69) is 45.6 Å². The average molecular weight is 536 g/mol. The molecule has 38 heavy (non-hydrogen) atoms. The molecule has 0 aromatic carbocycles. The fourth-order valence-electron chi connectivity index (χ4n) is 9.22. The lowest BCUT2D eigenvalue weighted by atomic mass is 9.42. The Balaban J connectivity index is 1.45. The molecular weight excluding hydrogens is 490 g/mol. The number of nitrogens with zero attached hydrogens (tertiary/aromatic N) is 7. The van der Waals surface area contributed by atoms with Crippen LogP contribution in [0.3, 0.4) is 0 Å². The lowest BCUT2D eigenvalue weighted by molar-refractivity contribution is -0.112. The summed E-state index contributed by atoms with van der Waals surface area (Å²) in [4.78, 5) is 15.7. The van der Waals surface area contributed by atoms with Gasteiger partial charge < -0.3 is 9.80 Å². The molecule has 5 fully saturated rings. The SMILES string of the molecule is CC(C)N1CCC2(CC1)C1(C#N)CN(C3CCCCC3)CC2(C#N)C2=NCN(C3CCCCC3)CN2C1=S. The van der Waals surface area contributed by atoms with Crippen LogP contribution < -0.4 is 0 Å². The topological polar surface area (TPSA) is 72.9 Å². The number of hydrogen-bond acceptors (Lipinski definition) is 7. The largest absolute Gasteiger partial charge is 0.308 e. The van der Waals surface area contributed by atoms with E-state index in [1.165, 1.54) is 51.4 Å². The zero-order chi connectivity index (χ0) is 26.5. The Morgan fingerprint density at radius 2 is 1.39 bits per heavy atom. The van der Waals surface area contributed by atoms with Crippen molar-refractivity contribution in [3.63, 3.8) is 0 Å². The molecule has 0 amide bonds. The summed E-state index contributed by atoms with van der Waals surface area (Å²) in [6.45, 7) is 9.04. The van der Waals surface area contributed by atoms with E-state index in [9.17, 15) is 10.5 Å². The van der Waals surface area contributed by atoms with E-state index in [0.29, 0.717) is 44.6 Å². The van der Waals surface area contributed by atoms with Gasteiger partial charge in [-0.15, -0.1) is 0 Å². The molecule has 2 aliphatic carbocycles. The Bertz CT molecular complexity index is 1040. The first-order valence-electron chi connectivity index (χ1n) is 15.3. The van der Waals surface area contributed by atoms with E-state index >= 15 is 0 Å². The molecule has 2 bridgehead atoms. The number of amidine groups is 1. The molecule has 0 radical (unpaired) electrons. The predicted octanol–water partition coefficient (Wildman–Crippen LogP) is 4.75. The van der Waals surface area contributed by atoms with Gasteiger partial charge in [-0.05, 0) is 65.5 Å². The average Bonchev–Trinajstić information content (AvgIpc) is 2.97. The van der Waals surface area contributed by atoms with Crippen LogP contribution in [0.25, 0.3) is 0 Å². The van der Waals surface area contributed by atoms with E-state index in [1.54, 1.807) is 0 Å². The molecule has 7 nitrogen and oxygen atoms in total. The summed E-state index contributed by atoms with van der Waals surface area (Å²) >= 11 is 6.41. The van der Waals surface area contributed by atoms with Crippen molar-refractivity contribution in [3.05, 3.63) is 0 Å². The molecule has 0 aromatic rings. The third-order valence-corrected chi connectivity index (χ3v) is 12.0. The van der Waals surface area contributed by atoms with Gasteiger partial charge in [0.2, 0.25) is 0 Å². The van der Waals surface area contributed by atoms with Gasteiger partial charge in [0, 0.05) is 36.6 Å². The number of fused-ring (bicyclic) bond motifs is 2. The molecule has 2 atom stereocenters. The third kappa shape index (κ3) is 3.74. The van der Waals surface area contributed by atoms with Gasteiger partial charge in [0.25, 0.3) is 0 Å². The van der Waals surface area contributed by atoms with E-state index in [1.807, 2.05) is 0 Å². The summed E-state index contributed by atoms with van der Waals surface area (Å²) in [5, 5.41) is 22.5. The molecular formula is C30H45N7S. The van der Waals surface area contributed by atoms with Crippen LogP contribution in [-0.2, 0) is 0 Å². The number of likely N-dealkylation sites (tertiary alicyclic amines) is 2. The van der Waals surface area contributed by atoms with Gasteiger partial charge in [0.15, 0.2) is 0 Å². The maximum absolute atomic E-state index is 11.3. The number of aliphatic imine (C=N–C) groups is 1.